The van der Waals surface area contributed by atoms with E-state index in [1.54, 1.807) is 0 Å². The van der Waals surface area contributed by atoms with E-state index in [9.17, 15) is 22.6 Å². The van der Waals surface area contributed by atoms with Crippen molar-refractivity contribution in [3.63, 3.8) is 0 Å². The summed E-state index contributed by atoms with van der Waals surface area (Å²) in [4.78, 5) is 25.1. The van der Waals surface area contributed by atoms with E-state index < -0.39 is 27.0 Å². The molecule has 0 aliphatic rings. The molecule has 1 aromatic carbocycles. The van der Waals surface area contributed by atoms with Gasteiger partial charge in [0.2, 0.25) is 0 Å². The number of unbranched alkanes of at least 4 members (excludes halogenated alkanes) is 22. The van der Waals surface area contributed by atoms with Gasteiger partial charge in [-0.05, 0) is 69.6 Å². The SMILES string of the molecule is CCC/C=C/CCCCCCCCCCCCOC(=O)c1ccc(S(=O)(=O)[O-])cc1C(=O)OCCCCCCCCCCCC/C=C/CCC.[K+]. The summed E-state index contributed by atoms with van der Waals surface area (Å²) in [6.07, 6.45) is 39.3. The molecule has 1 aromatic rings. The first-order chi connectivity index (χ1) is 24.3. The molecule has 0 aromatic heterocycles. The Morgan fingerprint density at radius 2 is 0.863 bits per heavy atom. The van der Waals surface area contributed by atoms with Crippen molar-refractivity contribution >= 4 is 22.1 Å². The molecule has 9 heteroatoms. The topological polar surface area (TPSA) is 110 Å². The van der Waals surface area contributed by atoms with Crippen LogP contribution in [0.3, 0.4) is 0 Å². The molecule has 51 heavy (non-hydrogen) atoms. The molecule has 0 bridgehead atoms. The van der Waals surface area contributed by atoms with Gasteiger partial charge in [0.15, 0.2) is 0 Å². The number of benzene rings is 1. The van der Waals surface area contributed by atoms with Crippen molar-refractivity contribution in [3.05, 3.63) is 53.6 Å². The van der Waals surface area contributed by atoms with E-state index in [1.807, 2.05) is 0 Å². The van der Waals surface area contributed by atoms with Crippen LogP contribution in [-0.2, 0) is 19.6 Å². The van der Waals surface area contributed by atoms with E-state index in [1.165, 1.54) is 116 Å². The monoisotopic (exact) mass is 756 g/mol. The first-order valence-electron chi connectivity index (χ1n) is 20.0. The van der Waals surface area contributed by atoms with Gasteiger partial charge in [-0.15, -0.1) is 0 Å². The Kier molecular flexibility index (Phi) is 34.4. The van der Waals surface area contributed by atoms with Crippen LogP contribution in [-0.4, -0.2) is 38.1 Å². The fourth-order valence-corrected chi connectivity index (χ4v) is 6.37. The van der Waals surface area contributed by atoms with Gasteiger partial charge in [-0.1, -0.05) is 154 Å². The smallest absolute Gasteiger partial charge is 0.744 e. The number of hydrogen-bond donors (Lipinski definition) is 0. The number of hydrogen-bond acceptors (Lipinski definition) is 7. The molecule has 0 fully saturated rings. The van der Waals surface area contributed by atoms with Crippen molar-refractivity contribution in [1.82, 2.24) is 0 Å². The number of ether oxygens (including phenoxy) is 2. The molecule has 286 valence electrons. The van der Waals surface area contributed by atoms with Gasteiger partial charge in [0, 0.05) is 0 Å². The van der Waals surface area contributed by atoms with E-state index in [-0.39, 0.29) is 75.7 Å². The summed E-state index contributed by atoms with van der Waals surface area (Å²) in [6.45, 7) is 4.77. The Morgan fingerprint density at radius 3 is 1.24 bits per heavy atom. The number of allylic oxidation sites excluding steroid dienone is 4. The summed E-state index contributed by atoms with van der Waals surface area (Å²) < 4.78 is 45.6. The van der Waals surface area contributed by atoms with Gasteiger partial charge >= 0.3 is 63.3 Å². The average Bonchev–Trinajstić information content (AvgIpc) is 3.10. The zero-order chi connectivity index (χ0) is 36.5. The van der Waals surface area contributed by atoms with Crippen LogP contribution in [0.2, 0.25) is 0 Å². The molecule has 0 spiro atoms. The summed E-state index contributed by atoms with van der Waals surface area (Å²) in [5, 5.41) is 0. The second kappa shape index (κ2) is 34.9. The standard InChI is InChI=1S/C42H70O7S.K/c1-3-5-7-9-11-13-15-17-19-21-23-25-27-29-31-35-48-41(43)39-34-33-38(50(45,46)47)37-40(39)42(44)49-36-32-30-28-26-24-22-20-18-16-14-12-10-8-6-4-2;/h7-10,33-34,37H,3-6,11-32,35-36H2,1-2H3,(H,45,46,47);/q;+1/p-1/b9-7+,10-8+;. The summed E-state index contributed by atoms with van der Waals surface area (Å²) in [6, 6.07) is 3.12. The largest absolute Gasteiger partial charge is 1.00 e. The molecule has 0 saturated heterocycles. The quantitative estimate of drug-likeness (QED) is 0.0231. The first-order valence-corrected chi connectivity index (χ1v) is 21.5. The zero-order valence-electron chi connectivity index (χ0n) is 32.6. The number of carbonyl (C=O) groups is 2. The van der Waals surface area contributed by atoms with E-state index in [4.69, 9.17) is 9.47 Å². The summed E-state index contributed by atoms with van der Waals surface area (Å²) in [5.41, 5.74) is -0.343. The van der Waals surface area contributed by atoms with Crippen molar-refractivity contribution in [2.24, 2.45) is 0 Å². The fourth-order valence-electron chi connectivity index (χ4n) is 5.87. The Hall–Kier alpha value is -0.814. The maximum absolute atomic E-state index is 12.9. The molecule has 0 amide bonds. The van der Waals surface area contributed by atoms with Crippen LogP contribution in [0.5, 0.6) is 0 Å². The van der Waals surface area contributed by atoms with Gasteiger partial charge in [0.05, 0.1) is 29.2 Å². The summed E-state index contributed by atoms with van der Waals surface area (Å²) >= 11 is 0. The third-order valence-electron chi connectivity index (χ3n) is 8.96. The molecule has 0 aliphatic heterocycles. The van der Waals surface area contributed by atoms with Gasteiger partial charge < -0.3 is 14.0 Å². The third kappa shape index (κ3) is 28.3. The maximum Gasteiger partial charge on any atom is 1.00 e. The average molecular weight is 757 g/mol. The van der Waals surface area contributed by atoms with Crippen molar-refractivity contribution in [2.75, 3.05) is 13.2 Å². The van der Waals surface area contributed by atoms with Crippen LogP contribution in [0.25, 0.3) is 0 Å². The molecule has 0 atom stereocenters. The van der Waals surface area contributed by atoms with Crippen molar-refractivity contribution in [2.45, 2.75) is 186 Å². The van der Waals surface area contributed by atoms with E-state index >= 15 is 0 Å². The van der Waals surface area contributed by atoms with Gasteiger partial charge in [-0.25, -0.2) is 18.0 Å². The van der Waals surface area contributed by atoms with Gasteiger partial charge in [-0.3, -0.25) is 0 Å². The van der Waals surface area contributed by atoms with Gasteiger partial charge in [0.1, 0.15) is 10.1 Å². The molecule has 0 N–H and O–H groups in total. The minimum absolute atomic E-state index is 0. The third-order valence-corrected chi connectivity index (χ3v) is 9.79. The molecule has 1 rings (SSSR count). The van der Waals surface area contributed by atoms with Crippen LogP contribution in [0, 0.1) is 0 Å². The second-order valence-electron chi connectivity index (χ2n) is 13.6. The van der Waals surface area contributed by atoms with Crippen molar-refractivity contribution in [3.8, 4) is 0 Å². The zero-order valence-corrected chi connectivity index (χ0v) is 36.5. The number of carbonyl (C=O) groups excluding carboxylic acids is 2. The minimum atomic E-state index is -4.81. The predicted octanol–water partition coefficient (Wildman–Crippen LogP) is 9.20. The maximum atomic E-state index is 12.9. The molecular formula is C42H69KO7S. The Bertz CT molecular complexity index is 1180. The fraction of sp³-hybridized carbons (Fsp3) is 0.714. The molecule has 0 radical (unpaired) electrons. The van der Waals surface area contributed by atoms with Crippen molar-refractivity contribution in [1.29, 1.82) is 0 Å². The van der Waals surface area contributed by atoms with Crippen LogP contribution in [0.1, 0.15) is 202 Å². The van der Waals surface area contributed by atoms with Crippen molar-refractivity contribution < 1.29 is 83.4 Å². The molecular weight excluding hydrogens is 688 g/mol. The summed E-state index contributed by atoms with van der Waals surface area (Å²) in [5.74, 6) is -1.55. The Balaban J connectivity index is 0.0000250. The predicted molar refractivity (Wildman–Crippen MR) is 205 cm³/mol. The molecule has 0 aliphatic carbocycles. The molecule has 7 nitrogen and oxygen atoms in total. The molecule has 0 saturated carbocycles. The summed E-state index contributed by atoms with van der Waals surface area (Å²) in [7, 11) is -4.81. The van der Waals surface area contributed by atoms with E-state index in [0.717, 1.165) is 56.7 Å². The normalized spacial score (nSPS) is 11.7. The van der Waals surface area contributed by atoms with Crippen LogP contribution in [0.4, 0.5) is 0 Å². The molecule has 0 unspecified atom stereocenters. The Morgan fingerprint density at radius 1 is 0.529 bits per heavy atom. The van der Waals surface area contributed by atoms with Gasteiger partial charge in [-0.2, -0.15) is 0 Å². The Labute approximate surface area is 354 Å². The van der Waals surface area contributed by atoms with Crippen LogP contribution >= 0.6 is 0 Å². The first kappa shape index (κ1) is 50.2. The second-order valence-corrected chi connectivity index (χ2v) is 15.0. The molecule has 0 heterocycles. The number of rotatable bonds is 33. The minimum Gasteiger partial charge on any atom is -0.744 e. The van der Waals surface area contributed by atoms with Gasteiger partial charge in [0.25, 0.3) is 0 Å². The van der Waals surface area contributed by atoms with E-state index in [0.29, 0.717) is 12.8 Å². The van der Waals surface area contributed by atoms with E-state index in [2.05, 4.69) is 38.2 Å². The van der Waals surface area contributed by atoms with Crippen LogP contribution < -0.4 is 51.4 Å². The van der Waals surface area contributed by atoms with Crippen LogP contribution in [0.15, 0.2) is 47.4 Å². The number of esters is 2.